The molecule has 0 saturated carbocycles. The zero-order chi connectivity index (χ0) is 14.8. The van der Waals surface area contributed by atoms with Crippen LogP contribution in [0.15, 0.2) is 0 Å². The topological polar surface area (TPSA) is 59.1 Å². The monoisotopic (exact) mass is 284 g/mol. The largest absolute Gasteiger partial charge is 0.449 e. The van der Waals surface area contributed by atoms with E-state index in [4.69, 9.17) is 9.47 Å². The van der Waals surface area contributed by atoms with E-state index in [0.717, 1.165) is 25.8 Å². The van der Waals surface area contributed by atoms with E-state index in [-0.39, 0.29) is 18.2 Å². The van der Waals surface area contributed by atoms with Gasteiger partial charge in [-0.05, 0) is 40.0 Å². The number of rotatable bonds is 1. The molecule has 2 aliphatic rings. The van der Waals surface area contributed by atoms with Gasteiger partial charge < -0.3 is 19.3 Å². The van der Waals surface area contributed by atoms with Gasteiger partial charge in [-0.15, -0.1) is 0 Å². The van der Waals surface area contributed by atoms with Crippen molar-refractivity contribution in [3.63, 3.8) is 0 Å². The van der Waals surface area contributed by atoms with Gasteiger partial charge in [-0.25, -0.2) is 9.59 Å². The maximum Gasteiger partial charge on any atom is 0.410 e. The van der Waals surface area contributed by atoms with Crippen molar-refractivity contribution in [3.05, 3.63) is 0 Å². The van der Waals surface area contributed by atoms with Gasteiger partial charge in [0.25, 0.3) is 0 Å². The molecule has 0 radical (unpaired) electrons. The van der Waals surface area contributed by atoms with Crippen LogP contribution in [0.1, 0.15) is 40.0 Å². The highest BCUT2D eigenvalue weighted by atomic mass is 16.6. The van der Waals surface area contributed by atoms with Crippen molar-refractivity contribution in [1.82, 2.24) is 9.80 Å². The molecule has 20 heavy (non-hydrogen) atoms. The zero-order valence-electron chi connectivity index (χ0n) is 12.6. The summed E-state index contributed by atoms with van der Waals surface area (Å²) in [5, 5.41) is 0. The number of carbonyl (C=O) groups excluding carboxylic acids is 2. The number of likely N-dealkylation sites (tertiary alicyclic amines) is 1. The molecule has 2 amide bonds. The first kappa shape index (κ1) is 14.9. The lowest BCUT2D eigenvalue weighted by atomic mass is 10.0. The SMILES string of the molecule is CC(C)(C)OC(=O)N1CCC(N2CCCOC2=O)CC1. The average molecular weight is 284 g/mol. The van der Waals surface area contributed by atoms with Crippen molar-refractivity contribution < 1.29 is 19.1 Å². The Morgan fingerprint density at radius 1 is 1.25 bits per heavy atom. The van der Waals surface area contributed by atoms with E-state index in [1.165, 1.54) is 0 Å². The quantitative estimate of drug-likeness (QED) is 0.741. The van der Waals surface area contributed by atoms with E-state index in [1.807, 2.05) is 20.8 Å². The summed E-state index contributed by atoms with van der Waals surface area (Å²) in [6.45, 7) is 8.12. The van der Waals surface area contributed by atoms with E-state index >= 15 is 0 Å². The maximum atomic E-state index is 12.0. The first-order valence-electron chi connectivity index (χ1n) is 7.28. The smallest absolute Gasteiger partial charge is 0.410 e. The summed E-state index contributed by atoms with van der Waals surface area (Å²) in [6.07, 6.45) is 1.98. The number of hydrogen-bond acceptors (Lipinski definition) is 4. The van der Waals surface area contributed by atoms with Gasteiger partial charge in [-0.1, -0.05) is 0 Å². The second kappa shape index (κ2) is 5.89. The van der Waals surface area contributed by atoms with Crippen LogP contribution in [-0.4, -0.2) is 59.9 Å². The van der Waals surface area contributed by atoms with Gasteiger partial charge in [0, 0.05) is 25.7 Å². The lowest BCUT2D eigenvalue weighted by Gasteiger charge is -2.39. The van der Waals surface area contributed by atoms with Crippen LogP contribution in [0.4, 0.5) is 9.59 Å². The Morgan fingerprint density at radius 3 is 2.45 bits per heavy atom. The van der Waals surface area contributed by atoms with Crippen LogP contribution >= 0.6 is 0 Å². The molecule has 6 heteroatoms. The number of hydrogen-bond donors (Lipinski definition) is 0. The molecular formula is C14H24N2O4. The molecule has 0 spiro atoms. The molecule has 0 aromatic rings. The van der Waals surface area contributed by atoms with Crippen molar-refractivity contribution in [2.24, 2.45) is 0 Å². The minimum absolute atomic E-state index is 0.182. The lowest BCUT2D eigenvalue weighted by molar-refractivity contribution is 0.00924. The molecule has 114 valence electrons. The van der Waals surface area contributed by atoms with Crippen molar-refractivity contribution in [2.75, 3.05) is 26.2 Å². The van der Waals surface area contributed by atoms with E-state index in [9.17, 15) is 9.59 Å². The fourth-order valence-corrected chi connectivity index (χ4v) is 2.59. The molecule has 6 nitrogen and oxygen atoms in total. The molecule has 0 bridgehead atoms. The van der Waals surface area contributed by atoms with Crippen molar-refractivity contribution in [3.8, 4) is 0 Å². The number of carbonyl (C=O) groups is 2. The second-order valence-electron chi connectivity index (χ2n) is 6.36. The van der Waals surface area contributed by atoms with Crippen LogP contribution in [0.25, 0.3) is 0 Å². The lowest BCUT2D eigenvalue weighted by Crippen LogP contribution is -2.51. The van der Waals surface area contributed by atoms with Gasteiger partial charge in [0.05, 0.1) is 6.61 Å². The minimum Gasteiger partial charge on any atom is -0.449 e. The zero-order valence-corrected chi connectivity index (χ0v) is 12.6. The predicted molar refractivity (Wildman–Crippen MR) is 73.5 cm³/mol. The van der Waals surface area contributed by atoms with Crippen LogP contribution in [0.5, 0.6) is 0 Å². The van der Waals surface area contributed by atoms with Gasteiger partial charge in [-0.3, -0.25) is 0 Å². The Morgan fingerprint density at radius 2 is 1.90 bits per heavy atom. The highest BCUT2D eigenvalue weighted by Gasteiger charge is 2.33. The number of piperidine rings is 1. The normalized spacial score (nSPS) is 21.6. The molecule has 2 heterocycles. The van der Waals surface area contributed by atoms with E-state index in [2.05, 4.69) is 0 Å². The van der Waals surface area contributed by atoms with Crippen molar-refractivity contribution in [1.29, 1.82) is 0 Å². The maximum absolute atomic E-state index is 12.0. The first-order valence-corrected chi connectivity index (χ1v) is 7.28. The summed E-state index contributed by atoms with van der Waals surface area (Å²) < 4.78 is 10.4. The Kier molecular flexibility index (Phi) is 4.40. The summed E-state index contributed by atoms with van der Waals surface area (Å²) in [5.74, 6) is 0. The Balaban J connectivity index is 1.83. The first-order chi connectivity index (χ1) is 9.37. The molecule has 0 aromatic heterocycles. The Hall–Kier alpha value is -1.46. The molecule has 2 saturated heterocycles. The molecular weight excluding hydrogens is 260 g/mol. The van der Waals surface area contributed by atoms with E-state index in [1.54, 1.807) is 9.80 Å². The number of cyclic esters (lactones) is 1. The summed E-state index contributed by atoms with van der Waals surface area (Å²) in [5.41, 5.74) is -0.468. The number of amides is 2. The summed E-state index contributed by atoms with van der Waals surface area (Å²) in [6, 6.07) is 0.182. The van der Waals surface area contributed by atoms with Gasteiger partial charge in [0.1, 0.15) is 5.60 Å². The third-order valence-corrected chi connectivity index (χ3v) is 3.56. The predicted octanol–water partition coefficient (Wildman–Crippen LogP) is 2.23. The Labute approximate surface area is 120 Å². The standard InChI is InChI=1S/C14H24N2O4/c1-14(2,3)20-12(17)15-8-5-11(6-9-15)16-7-4-10-19-13(16)18/h11H,4-10H2,1-3H3. The average Bonchev–Trinajstić information content (AvgIpc) is 2.37. The molecule has 0 aliphatic carbocycles. The van der Waals surface area contributed by atoms with Crippen LogP contribution in [0.3, 0.4) is 0 Å². The molecule has 0 N–H and O–H groups in total. The fraction of sp³-hybridized carbons (Fsp3) is 0.857. The van der Waals surface area contributed by atoms with Gasteiger partial charge >= 0.3 is 12.2 Å². The number of nitrogens with zero attached hydrogens (tertiary/aromatic N) is 2. The third-order valence-electron chi connectivity index (χ3n) is 3.56. The summed E-state index contributed by atoms with van der Waals surface area (Å²) in [4.78, 5) is 27.2. The third kappa shape index (κ3) is 3.77. The highest BCUT2D eigenvalue weighted by Crippen LogP contribution is 2.21. The number of ether oxygens (including phenoxy) is 2. The van der Waals surface area contributed by atoms with E-state index < -0.39 is 5.60 Å². The van der Waals surface area contributed by atoms with Crippen LogP contribution in [0.2, 0.25) is 0 Å². The van der Waals surface area contributed by atoms with Crippen LogP contribution in [0, 0.1) is 0 Å². The molecule has 0 atom stereocenters. The van der Waals surface area contributed by atoms with Crippen molar-refractivity contribution in [2.45, 2.75) is 51.7 Å². The summed E-state index contributed by atoms with van der Waals surface area (Å²) >= 11 is 0. The fourth-order valence-electron chi connectivity index (χ4n) is 2.59. The Bertz CT molecular complexity index is 370. The molecule has 0 unspecified atom stereocenters. The molecule has 0 aromatic carbocycles. The van der Waals surface area contributed by atoms with Gasteiger partial charge in [0.15, 0.2) is 0 Å². The van der Waals surface area contributed by atoms with Gasteiger partial charge in [0.2, 0.25) is 0 Å². The molecule has 2 rings (SSSR count). The minimum atomic E-state index is -0.468. The highest BCUT2D eigenvalue weighted by molar-refractivity contribution is 5.69. The molecule has 2 aliphatic heterocycles. The van der Waals surface area contributed by atoms with E-state index in [0.29, 0.717) is 19.7 Å². The second-order valence-corrected chi connectivity index (χ2v) is 6.36. The van der Waals surface area contributed by atoms with Crippen LogP contribution < -0.4 is 0 Å². The summed E-state index contributed by atoms with van der Waals surface area (Å²) in [7, 11) is 0. The van der Waals surface area contributed by atoms with Gasteiger partial charge in [-0.2, -0.15) is 0 Å². The van der Waals surface area contributed by atoms with Crippen molar-refractivity contribution >= 4 is 12.2 Å². The molecule has 2 fully saturated rings. The van der Waals surface area contributed by atoms with Crippen LogP contribution in [-0.2, 0) is 9.47 Å².